The predicted octanol–water partition coefficient (Wildman–Crippen LogP) is 1.74. The van der Waals surface area contributed by atoms with Gasteiger partial charge < -0.3 is 24.4 Å². The maximum atomic E-state index is 12.6. The molecular formula is C20H21BN4O5. The minimum absolute atomic E-state index is 0.185. The van der Waals surface area contributed by atoms with Crippen molar-refractivity contribution in [3.05, 3.63) is 54.7 Å². The molecule has 0 radical (unpaired) electrons. The topological polar surface area (TPSA) is 116 Å². The van der Waals surface area contributed by atoms with Crippen LogP contribution in [-0.2, 0) is 25.3 Å². The lowest BCUT2D eigenvalue weighted by Crippen LogP contribution is -2.52. The van der Waals surface area contributed by atoms with Gasteiger partial charge in [0, 0.05) is 17.8 Å². The third-order valence-corrected chi connectivity index (χ3v) is 4.69. The number of aromatic nitrogens is 2. The van der Waals surface area contributed by atoms with Gasteiger partial charge >= 0.3 is 18.9 Å². The first-order valence-electron chi connectivity index (χ1n) is 9.54. The highest BCUT2D eigenvalue weighted by molar-refractivity contribution is 6.49. The number of anilines is 1. The summed E-state index contributed by atoms with van der Waals surface area (Å²) in [4.78, 5) is 32.7. The quantitative estimate of drug-likeness (QED) is 0.488. The van der Waals surface area contributed by atoms with Gasteiger partial charge in [-0.15, -0.1) is 0 Å². The van der Waals surface area contributed by atoms with Crippen molar-refractivity contribution in [2.45, 2.75) is 31.8 Å². The van der Waals surface area contributed by atoms with Crippen molar-refractivity contribution in [2.24, 2.45) is 0 Å². The van der Waals surface area contributed by atoms with Crippen LogP contribution in [-0.4, -0.2) is 47.0 Å². The highest BCUT2D eigenvalue weighted by Gasteiger charge is 2.44. The molecule has 0 saturated carbocycles. The number of amides is 2. The van der Waals surface area contributed by atoms with E-state index in [0.717, 1.165) is 16.5 Å². The van der Waals surface area contributed by atoms with E-state index in [-0.39, 0.29) is 5.82 Å². The lowest BCUT2D eigenvalue weighted by atomic mass is 9.74. The number of nitrogens with one attached hydrogen (secondary N) is 2. The minimum atomic E-state index is -0.852. The smallest absolute Gasteiger partial charge is 0.464 e. The molecule has 1 fully saturated rings. The Morgan fingerprint density at radius 3 is 2.80 bits per heavy atom. The number of rotatable bonds is 5. The summed E-state index contributed by atoms with van der Waals surface area (Å²) in [5.74, 6) is -2.09. The Bertz CT molecular complexity index is 1060. The highest BCUT2D eigenvalue weighted by atomic mass is 16.7. The van der Waals surface area contributed by atoms with Crippen LogP contribution in [0.3, 0.4) is 0 Å². The van der Waals surface area contributed by atoms with Crippen LogP contribution in [0.4, 0.5) is 5.82 Å². The zero-order chi connectivity index (χ0) is 21.1. The van der Waals surface area contributed by atoms with E-state index in [1.165, 1.54) is 18.6 Å². The van der Waals surface area contributed by atoms with E-state index >= 15 is 0 Å². The molecular weight excluding hydrogens is 387 g/mol. The molecule has 154 valence electrons. The van der Waals surface area contributed by atoms with Crippen LogP contribution in [0, 0.1) is 0 Å². The maximum absolute atomic E-state index is 12.6. The maximum Gasteiger partial charge on any atom is 0.481 e. The standard InChI is InChI=1S/C20H21BN4O5/c1-20(2)12-29-21(30-20)16(9-13-11-28-15-6-4-3-5-14(13)15)24-18(26)19(27)25-17-10-22-7-8-23-17/h3-8,10-11,16H,9,12H2,1-2H3,(H,24,26)(H,23,25,27). The van der Waals surface area contributed by atoms with E-state index < -0.39 is 30.5 Å². The van der Waals surface area contributed by atoms with Gasteiger partial charge in [-0.25, -0.2) is 4.98 Å². The molecule has 3 aromatic rings. The second-order valence-corrected chi connectivity index (χ2v) is 7.64. The first-order chi connectivity index (χ1) is 14.4. The van der Waals surface area contributed by atoms with Crippen LogP contribution in [0.2, 0.25) is 0 Å². The van der Waals surface area contributed by atoms with Gasteiger partial charge in [0.05, 0.1) is 30.6 Å². The van der Waals surface area contributed by atoms with Crippen LogP contribution >= 0.6 is 0 Å². The number of nitrogens with zero attached hydrogens (tertiary/aromatic N) is 2. The molecule has 10 heteroatoms. The van der Waals surface area contributed by atoms with Crippen molar-refractivity contribution < 1.29 is 23.3 Å². The van der Waals surface area contributed by atoms with Crippen LogP contribution in [0.25, 0.3) is 11.0 Å². The lowest BCUT2D eigenvalue weighted by Gasteiger charge is -2.22. The predicted molar refractivity (Wildman–Crippen MR) is 109 cm³/mol. The Labute approximate surface area is 173 Å². The number of carbonyl (C=O) groups excluding carboxylic acids is 2. The highest BCUT2D eigenvalue weighted by Crippen LogP contribution is 2.26. The van der Waals surface area contributed by atoms with Gasteiger partial charge in [0.2, 0.25) is 0 Å². The number of benzene rings is 1. The fraction of sp³-hybridized carbons (Fsp3) is 0.300. The molecule has 0 spiro atoms. The van der Waals surface area contributed by atoms with Crippen molar-refractivity contribution in [1.82, 2.24) is 15.3 Å². The Balaban J connectivity index is 1.51. The first kappa shape index (κ1) is 20.1. The Kier molecular flexibility index (Phi) is 5.51. The summed E-state index contributed by atoms with van der Waals surface area (Å²) in [5, 5.41) is 6.08. The number of carbonyl (C=O) groups is 2. The van der Waals surface area contributed by atoms with Gasteiger partial charge in [-0.3, -0.25) is 14.6 Å². The summed E-state index contributed by atoms with van der Waals surface area (Å²) in [7, 11) is -0.707. The molecule has 3 heterocycles. The van der Waals surface area contributed by atoms with Gasteiger partial charge in [0.25, 0.3) is 0 Å². The summed E-state index contributed by atoms with van der Waals surface area (Å²) in [6, 6.07) is 7.60. The number of para-hydroxylation sites is 1. The average molecular weight is 408 g/mol. The van der Waals surface area contributed by atoms with Gasteiger partial charge in [0.1, 0.15) is 5.58 Å². The Morgan fingerprint density at radius 2 is 2.07 bits per heavy atom. The molecule has 1 aromatic carbocycles. The zero-order valence-electron chi connectivity index (χ0n) is 16.6. The van der Waals surface area contributed by atoms with Gasteiger partial charge in [-0.1, -0.05) is 18.2 Å². The number of hydrogen-bond acceptors (Lipinski definition) is 7. The third kappa shape index (κ3) is 4.50. The molecule has 30 heavy (non-hydrogen) atoms. The summed E-state index contributed by atoms with van der Waals surface area (Å²) in [6.45, 7) is 4.18. The van der Waals surface area contributed by atoms with E-state index in [1.54, 1.807) is 6.26 Å². The van der Waals surface area contributed by atoms with Gasteiger partial charge in [0.15, 0.2) is 5.82 Å². The van der Waals surface area contributed by atoms with Crippen LogP contribution in [0.15, 0.2) is 53.5 Å². The van der Waals surface area contributed by atoms with Crippen LogP contribution in [0.1, 0.15) is 19.4 Å². The second-order valence-electron chi connectivity index (χ2n) is 7.64. The zero-order valence-corrected chi connectivity index (χ0v) is 16.6. The Hall–Kier alpha value is -3.24. The second kappa shape index (κ2) is 8.25. The SMILES string of the molecule is CC1(C)COB(C(Cc2coc3ccccc23)NC(=O)C(=O)Nc2cnccn2)O1. The number of fused-ring (bicyclic) bond motifs is 1. The first-order valence-corrected chi connectivity index (χ1v) is 9.54. The third-order valence-electron chi connectivity index (χ3n) is 4.69. The molecule has 0 bridgehead atoms. The van der Waals surface area contributed by atoms with Crippen LogP contribution in [0.5, 0.6) is 0 Å². The normalized spacial score (nSPS) is 16.4. The molecule has 1 aliphatic heterocycles. The van der Waals surface area contributed by atoms with E-state index in [4.69, 9.17) is 13.7 Å². The van der Waals surface area contributed by atoms with Crippen LogP contribution < -0.4 is 10.6 Å². The van der Waals surface area contributed by atoms with Crippen molar-refractivity contribution in [3.63, 3.8) is 0 Å². The fourth-order valence-electron chi connectivity index (χ4n) is 3.28. The van der Waals surface area contributed by atoms with E-state index in [9.17, 15) is 9.59 Å². The van der Waals surface area contributed by atoms with Crippen molar-refractivity contribution in [2.75, 3.05) is 11.9 Å². The largest absolute Gasteiger partial charge is 0.481 e. The molecule has 1 atom stereocenters. The number of furan rings is 1. The molecule has 1 saturated heterocycles. The molecule has 2 N–H and O–H groups in total. The van der Waals surface area contributed by atoms with Crippen molar-refractivity contribution in [1.29, 1.82) is 0 Å². The molecule has 0 aliphatic carbocycles. The lowest BCUT2D eigenvalue weighted by molar-refractivity contribution is -0.136. The molecule has 1 aliphatic rings. The number of hydrogen-bond donors (Lipinski definition) is 2. The molecule has 1 unspecified atom stereocenters. The van der Waals surface area contributed by atoms with E-state index in [0.29, 0.717) is 13.0 Å². The summed E-state index contributed by atoms with van der Waals surface area (Å²) in [5.41, 5.74) is 1.13. The summed E-state index contributed by atoms with van der Waals surface area (Å²) in [6.07, 6.45) is 6.25. The van der Waals surface area contributed by atoms with Gasteiger partial charge in [-0.2, -0.15) is 0 Å². The van der Waals surface area contributed by atoms with E-state index in [2.05, 4.69) is 20.6 Å². The Morgan fingerprint density at radius 1 is 1.23 bits per heavy atom. The van der Waals surface area contributed by atoms with Gasteiger partial charge in [-0.05, 0) is 31.9 Å². The molecule has 2 aromatic heterocycles. The summed E-state index contributed by atoms with van der Waals surface area (Å²) < 4.78 is 17.3. The van der Waals surface area contributed by atoms with E-state index in [1.807, 2.05) is 38.1 Å². The molecule has 4 rings (SSSR count). The monoisotopic (exact) mass is 408 g/mol. The average Bonchev–Trinajstić information content (AvgIpc) is 3.31. The molecule has 9 nitrogen and oxygen atoms in total. The summed E-state index contributed by atoms with van der Waals surface area (Å²) >= 11 is 0. The molecule has 2 amide bonds. The fourth-order valence-corrected chi connectivity index (χ4v) is 3.28. The minimum Gasteiger partial charge on any atom is -0.464 e. The van der Waals surface area contributed by atoms with Crippen molar-refractivity contribution >= 4 is 35.7 Å². The van der Waals surface area contributed by atoms with Crippen molar-refractivity contribution in [3.8, 4) is 0 Å².